The minimum absolute atomic E-state index is 0.320. The van der Waals surface area contributed by atoms with E-state index in [4.69, 9.17) is 9.15 Å². The zero-order valence-electron chi connectivity index (χ0n) is 15.5. The van der Waals surface area contributed by atoms with Gasteiger partial charge in [0.2, 0.25) is 5.76 Å². The lowest BCUT2D eigenvalue weighted by atomic mass is 9.98. The Hall–Kier alpha value is -3.16. The Morgan fingerprint density at radius 1 is 1.19 bits per heavy atom. The molecule has 8 heteroatoms. The number of rotatable bonds is 8. The summed E-state index contributed by atoms with van der Waals surface area (Å²) in [4.78, 5) is 36.2. The van der Waals surface area contributed by atoms with Crippen molar-refractivity contribution in [1.29, 1.82) is 0 Å². The smallest absolute Gasteiger partial charge is 0.433 e. The lowest BCUT2D eigenvalue weighted by Crippen LogP contribution is -2.48. The molecule has 0 aliphatic rings. The molecule has 0 bridgehead atoms. The van der Waals surface area contributed by atoms with Crippen LogP contribution >= 0.6 is 0 Å². The average Bonchev–Trinajstić information content (AvgIpc) is 3.15. The highest BCUT2D eigenvalue weighted by Gasteiger charge is 2.30. The van der Waals surface area contributed by atoms with Gasteiger partial charge in [-0.1, -0.05) is 37.3 Å². The second kappa shape index (κ2) is 8.48. The van der Waals surface area contributed by atoms with E-state index in [0.29, 0.717) is 13.0 Å². The Morgan fingerprint density at radius 2 is 1.85 bits per heavy atom. The number of nitrogens with zero attached hydrogens (tertiary/aromatic N) is 2. The number of hydrogen-bond acceptors (Lipinski definition) is 6. The van der Waals surface area contributed by atoms with Crippen LogP contribution in [0.1, 0.15) is 43.3 Å². The van der Waals surface area contributed by atoms with Crippen LogP contribution in [0, 0.1) is 10.1 Å². The fraction of sp³-hybridized carbons (Fsp3) is 0.368. The molecule has 0 atom stereocenters. The highest BCUT2D eigenvalue weighted by molar-refractivity contribution is 5.89. The molecule has 0 saturated carbocycles. The largest absolute Gasteiger partial charge is 0.450 e. The van der Waals surface area contributed by atoms with E-state index in [1.807, 2.05) is 51.1 Å². The third kappa shape index (κ3) is 5.16. The molecule has 0 aliphatic heterocycles. The van der Waals surface area contributed by atoms with Crippen LogP contribution in [0.3, 0.4) is 0 Å². The van der Waals surface area contributed by atoms with Crippen molar-refractivity contribution >= 4 is 17.8 Å². The molecular weight excluding hydrogens is 352 g/mol. The van der Waals surface area contributed by atoms with Gasteiger partial charge in [-0.25, -0.2) is 4.79 Å². The van der Waals surface area contributed by atoms with Gasteiger partial charge in [-0.3, -0.25) is 14.9 Å². The molecule has 8 nitrogen and oxygen atoms in total. The van der Waals surface area contributed by atoms with Crippen LogP contribution in [-0.4, -0.2) is 33.8 Å². The van der Waals surface area contributed by atoms with Crippen molar-refractivity contribution in [1.82, 2.24) is 4.90 Å². The quantitative estimate of drug-likeness (QED) is 0.398. The number of esters is 1. The van der Waals surface area contributed by atoms with E-state index in [9.17, 15) is 19.7 Å². The standard InChI is InChI=1S/C19H22N2O6/c1-4-19(2,3)20(12-14-8-6-5-7-9-14)16(22)13-26-18(23)15-10-11-17(27-15)21(24)25/h5-11H,4,12-13H2,1-3H3. The Bertz CT molecular complexity index is 813. The van der Waals surface area contributed by atoms with Crippen molar-refractivity contribution < 1.29 is 23.7 Å². The minimum Gasteiger partial charge on any atom is -0.450 e. The van der Waals surface area contributed by atoms with Crippen molar-refractivity contribution in [3.8, 4) is 0 Å². The van der Waals surface area contributed by atoms with Crippen LogP contribution in [-0.2, 0) is 16.1 Å². The molecule has 27 heavy (non-hydrogen) atoms. The van der Waals surface area contributed by atoms with Crippen LogP contribution in [0.25, 0.3) is 0 Å². The Kier molecular flexibility index (Phi) is 6.33. The zero-order chi connectivity index (χ0) is 20.0. The summed E-state index contributed by atoms with van der Waals surface area (Å²) >= 11 is 0. The van der Waals surface area contributed by atoms with Crippen molar-refractivity contribution in [3.63, 3.8) is 0 Å². The number of ether oxygens (including phenoxy) is 1. The molecule has 2 aromatic rings. The summed E-state index contributed by atoms with van der Waals surface area (Å²) in [7, 11) is 0. The summed E-state index contributed by atoms with van der Waals surface area (Å²) in [6.45, 7) is 5.74. The molecular formula is C19H22N2O6. The van der Waals surface area contributed by atoms with Gasteiger partial charge >= 0.3 is 11.9 Å². The zero-order valence-corrected chi connectivity index (χ0v) is 15.5. The molecule has 1 heterocycles. The molecule has 144 valence electrons. The molecule has 0 aliphatic carbocycles. The molecule has 1 aromatic heterocycles. The molecule has 0 saturated heterocycles. The van der Waals surface area contributed by atoms with Crippen molar-refractivity contribution in [2.75, 3.05) is 6.61 Å². The summed E-state index contributed by atoms with van der Waals surface area (Å²) in [5, 5.41) is 10.6. The molecule has 1 aromatic carbocycles. The highest BCUT2D eigenvalue weighted by atomic mass is 16.7. The van der Waals surface area contributed by atoms with Gasteiger partial charge in [-0.2, -0.15) is 0 Å². The van der Waals surface area contributed by atoms with Gasteiger partial charge in [0.15, 0.2) is 6.61 Å². The monoisotopic (exact) mass is 374 g/mol. The van der Waals surface area contributed by atoms with E-state index in [-0.39, 0.29) is 11.7 Å². The first kappa shape index (κ1) is 20.2. The average molecular weight is 374 g/mol. The number of amides is 1. The number of benzene rings is 1. The molecule has 0 radical (unpaired) electrons. The Morgan fingerprint density at radius 3 is 2.41 bits per heavy atom. The summed E-state index contributed by atoms with van der Waals surface area (Å²) in [5.41, 5.74) is 0.517. The molecule has 0 N–H and O–H groups in total. The first-order valence-corrected chi connectivity index (χ1v) is 8.50. The van der Waals surface area contributed by atoms with E-state index in [1.54, 1.807) is 4.90 Å². The highest BCUT2D eigenvalue weighted by Crippen LogP contribution is 2.22. The number of carbonyl (C=O) groups excluding carboxylic acids is 2. The fourth-order valence-electron chi connectivity index (χ4n) is 2.41. The van der Waals surface area contributed by atoms with E-state index in [0.717, 1.165) is 17.7 Å². The summed E-state index contributed by atoms with van der Waals surface area (Å²) in [5.74, 6) is -2.17. The summed E-state index contributed by atoms with van der Waals surface area (Å²) in [6, 6.07) is 11.7. The predicted octanol–water partition coefficient (Wildman–Crippen LogP) is 3.56. The third-order valence-corrected chi connectivity index (χ3v) is 4.38. The van der Waals surface area contributed by atoms with E-state index in [1.165, 1.54) is 0 Å². The van der Waals surface area contributed by atoms with Gasteiger partial charge in [0.05, 0.1) is 6.07 Å². The third-order valence-electron chi connectivity index (χ3n) is 4.38. The summed E-state index contributed by atoms with van der Waals surface area (Å²) < 4.78 is 9.78. The van der Waals surface area contributed by atoms with Crippen LogP contribution in [0.15, 0.2) is 46.9 Å². The molecule has 0 fully saturated rings. The van der Waals surface area contributed by atoms with Gasteiger partial charge in [0.25, 0.3) is 5.91 Å². The van der Waals surface area contributed by atoms with Crippen molar-refractivity contribution in [2.24, 2.45) is 0 Å². The van der Waals surface area contributed by atoms with E-state index < -0.39 is 28.9 Å². The van der Waals surface area contributed by atoms with E-state index >= 15 is 0 Å². The molecule has 1 amide bonds. The van der Waals surface area contributed by atoms with Gasteiger partial charge in [0.1, 0.15) is 4.92 Å². The molecule has 0 spiro atoms. The van der Waals surface area contributed by atoms with Crippen molar-refractivity contribution in [2.45, 2.75) is 39.3 Å². The van der Waals surface area contributed by atoms with Crippen LogP contribution in [0.5, 0.6) is 0 Å². The first-order valence-electron chi connectivity index (χ1n) is 8.50. The normalized spacial score (nSPS) is 11.1. The summed E-state index contributed by atoms with van der Waals surface area (Å²) in [6.07, 6.45) is 0.712. The molecule has 2 rings (SSSR count). The fourth-order valence-corrected chi connectivity index (χ4v) is 2.41. The maximum Gasteiger partial charge on any atom is 0.433 e. The number of furan rings is 1. The van der Waals surface area contributed by atoms with Gasteiger partial charge in [0, 0.05) is 12.1 Å². The van der Waals surface area contributed by atoms with Crippen LogP contribution in [0.2, 0.25) is 0 Å². The second-order valence-corrected chi connectivity index (χ2v) is 6.60. The van der Waals surface area contributed by atoms with Gasteiger partial charge in [-0.05, 0) is 31.9 Å². The minimum atomic E-state index is -0.926. The van der Waals surface area contributed by atoms with Gasteiger partial charge in [-0.15, -0.1) is 0 Å². The first-order chi connectivity index (χ1) is 12.7. The van der Waals surface area contributed by atoms with E-state index in [2.05, 4.69) is 0 Å². The maximum atomic E-state index is 12.7. The van der Waals surface area contributed by atoms with Crippen LogP contribution < -0.4 is 0 Å². The van der Waals surface area contributed by atoms with Crippen molar-refractivity contribution in [3.05, 3.63) is 63.9 Å². The predicted molar refractivity (Wildman–Crippen MR) is 97.0 cm³/mol. The second-order valence-electron chi connectivity index (χ2n) is 6.60. The topological polar surface area (TPSA) is 103 Å². The maximum absolute atomic E-state index is 12.7. The SMILES string of the molecule is CCC(C)(C)N(Cc1ccccc1)C(=O)COC(=O)c1ccc([N+](=O)[O-])o1. The Labute approximate surface area is 156 Å². The number of nitro groups is 1. The van der Waals surface area contributed by atoms with Crippen LogP contribution in [0.4, 0.5) is 5.88 Å². The number of carbonyl (C=O) groups is 2. The molecule has 0 unspecified atom stereocenters. The van der Waals surface area contributed by atoms with Gasteiger partial charge < -0.3 is 14.1 Å². The lowest BCUT2D eigenvalue weighted by Gasteiger charge is -2.38. The lowest BCUT2D eigenvalue weighted by molar-refractivity contribution is -0.402. The Balaban J connectivity index is 2.06. The number of hydrogen-bond donors (Lipinski definition) is 0.